The second-order valence-electron chi connectivity index (χ2n) is 4.07. The van der Waals surface area contributed by atoms with Crippen LogP contribution >= 0.6 is 39.3 Å². The molecule has 0 bridgehead atoms. The molecule has 3 nitrogen and oxygen atoms in total. The molecule has 0 amide bonds. The lowest BCUT2D eigenvalue weighted by Gasteiger charge is -2.09. The highest BCUT2D eigenvalue weighted by molar-refractivity contribution is 9.10. The van der Waals surface area contributed by atoms with Gasteiger partial charge in [0.2, 0.25) is 0 Å². The summed E-state index contributed by atoms with van der Waals surface area (Å²) in [6.07, 6.45) is 0. The number of carboxylic acid groups (broad SMARTS) is 1. The van der Waals surface area contributed by atoms with Crippen LogP contribution in [0.25, 0.3) is 0 Å². The third-order valence-corrected chi connectivity index (χ3v) is 4.50. The van der Waals surface area contributed by atoms with E-state index < -0.39 is 5.97 Å². The maximum atomic E-state index is 11.1. The third-order valence-electron chi connectivity index (χ3n) is 2.61. The van der Waals surface area contributed by atoms with Crippen molar-refractivity contribution < 1.29 is 14.6 Å². The maximum Gasteiger partial charge on any atom is 0.336 e. The molecule has 0 heterocycles. The van der Waals surface area contributed by atoms with E-state index in [9.17, 15) is 4.79 Å². The van der Waals surface area contributed by atoms with Crippen molar-refractivity contribution in [3.8, 4) is 5.75 Å². The van der Waals surface area contributed by atoms with Crippen molar-refractivity contribution in [1.29, 1.82) is 0 Å². The van der Waals surface area contributed by atoms with E-state index in [1.807, 2.05) is 6.07 Å². The van der Waals surface area contributed by atoms with Gasteiger partial charge in [-0.2, -0.15) is 0 Å². The topological polar surface area (TPSA) is 46.5 Å². The van der Waals surface area contributed by atoms with Crippen LogP contribution in [0.1, 0.15) is 10.4 Å². The second-order valence-corrected chi connectivity index (χ2v) is 6.50. The Bertz CT molecular complexity index is 649. The highest BCUT2D eigenvalue weighted by atomic mass is 79.9. The van der Waals surface area contributed by atoms with Gasteiger partial charge in [-0.1, -0.05) is 23.7 Å². The number of benzene rings is 2. The van der Waals surface area contributed by atoms with Crippen LogP contribution < -0.4 is 4.74 Å². The van der Waals surface area contributed by atoms with Crippen molar-refractivity contribution in [2.45, 2.75) is 4.90 Å². The van der Waals surface area contributed by atoms with Crippen molar-refractivity contribution in [2.24, 2.45) is 0 Å². The Morgan fingerprint density at radius 2 is 2.05 bits per heavy atom. The van der Waals surface area contributed by atoms with Crippen molar-refractivity contribution in [3.63, 3.8) is 0 Å². The average molecular weight is 388 g/mol. The molecule has 21 heavy (non-hydrogen) atoms. The van der Waals surface area contributed by atoms with Gasteiger partial charge < -0.3 is 9.84 Å². The average Bonchev–Trinajstić information content (AvgIpc) is 2.45. The largest absolute Gasteiger partial charge is 0.492 e. The number of ether oxygens (including phenoxy) is 1. The number of aromatic carboxylic acids is 1. The van der Waals surface area contributed by atoms with Crippen LogP contribution in [-0.2, 0) is 0 Å². The van der Waals surface area contributed by atoms with E-state index in [-0.39, 0.29) is 0 Å². The highest BCUT2D eigenvalue weighted by Gasteiger charge is 2.09. The number of hydrogen-bond donors (Lipinski definition) is 1. The van der Waals surface area contributed by atoms with Gasteiger partial charge in [0.15, 0.2) is 0 Å². The zero-order chi connectivity index (χ0) is 15.2. The fraction of sp³-hybridized carbons (Fsp3) is 0.133. The minimum atomic E-state index is -0.917. The quantitative estimate of drug-likeness (QED) is 0.561. The normalized spacial score (nSPS) is 10.4. The molecule has 0 atom stereocenters. The molecule has 0 saturated carbocycles. The minimum absolute atomic E-state index is 0.315. The predicted molar refractivity (Wildman–Crippen MR) is 88.8 cm³/mol. The third kappa shape index (κ3) is 4.66. The summed E-state index contributed by atoms with van der Waals surface area (Å²) in [5, 5.41) is 9.74. The Balaban J connectivity index is 1.89. The van der Waals surface area contributed by atoms with Crippen LogP contribution in [0.5, 0.6) is 5.75 Å². The Hall–Kier alpha value is -1.17. The Labute approximate surface area is 140 Å². The lowest BCUT2D eigenvalue weighted by Crippen LogP contribution is -2.03. The standard InChI is InChI=1S/C15H12BrClO3S/c16-12-9-10(17)5-6-13(12)20-7-8-21-14-4-2-1-3-11(14)15(18)19/h1-6,9H,7-8H2,(H,18,19). The summed E-state index contributed by atoms with van der Waals surface area (Å²) >= 11 is 10.7. The lowest BCUT2D eigenvalue weighted by molar-refractivity contribution is 0.0693. The van der Waals surface area contributed by atoms with Crippen molar-refractivity contribution in [2.75, 3.05) is 12.4 Å². The fourth-order valence-corrected chi connectivity index (χ4v) is 3.33. The Morgan fingerprint density at radius 1 is 1.29 bits per heavy atom. The van der Waals surface area contributed by atoms with Crippen LogP contribution in [-0.4, -0.2) is 23.4 Å². The first-order valence-electron chi connectivity index (χ1n) is 6.11. The summed E-state index contributed by atoms with van der Waals surface area (Å²) in [6, 6.07) is 12.3. The molecular weight excluding hydrogens is 376 g/mol. The molecule has 2 aromatic rings. The van der Waals surface area contributed by atoms with Gasteiger partial charge in [-0.3, -0.25) is 0 Å². The van der Waals surface area contributed by atoms with Crippen molar-refractivity contribution in [3.05, 3.63) is 57.5 Å². The first-order valence-corrected chi connectivity index (χ1v) is 8.26. The number of rotatable bonds is 6. The van der Waals surface area contributed by atoms with Gasteiger partial charge >= 0.3 is 5.97 Å². The monoisotopic (exact) mass is 386 g/mol. The van der Waals surface area contributed by atoms with E-state index in [1.54, 1.807) is 36.4 Å². The Morgan fingerprint density at radius 3 is 2.76 bits per heavy atom. The van der Waals surface area contributed by atoms with E-state index in [0.29, 0.717) is 28.7 Å². The van der Waals surface area contributed by atoms with Gasteiger partial charge in [-0.15, -0.1) is 11.8 Å². The molecule has 6 heteroatoms. The summed E-state index contributed by atoms with van der Waals surface area (Å²) in [6.45, 7) is 0.471. The number of hydrogen-bond acceptors (Lipinski definition) is 3. The molecule has 0 saturated heterocycles. The summed E-state index contributed by atoms with van der Waals surface area (Å²) in [5.41, 5.74) is 0.315. The number of thioether (sulfide) groups is 1. The van der Waals surface area contributed by atoms with Gasteiger partial charge in [0.25, 0.3) is 0 Å². The zero-order valence-electron chi connectivity index (χ0n) is 10.9. The van der Waals surface area contributed by atoms with Gasteiger partial charge in [-0.05, 0) is 46.3 Å². The van der Waals surface area contributed by atoms with E-state index in [2.05, 4.69) is 15.9 Å². The van der Waals surface area contributed by atoms with E-state index >= 15 is 0 Å². The molecular formula is C15H12BrClO3S. The van der Waals surface area contributed by atoms with Crippen LogP contribution in [0.15, 0.2) is 51.8 Å². The van der Waals surface area contributed by atoms with E-state index in [0.717, 1.165) is 9.37 Å². The molecule has 0 aliphatic carbocycles. The first-order chi connectivity index (χ1) is 10.1. The van der Waals surface area contributed by atoms with Gasteiger partial charge in [-0.25, -0.2) is 4.79 Å². The molecule has 0 spiro atoms. The van der Waals surface area contributed by atoms with Crippen molar-refractivity contribution >= 4 is 45.3 Å². The molecule has 0 unspecified atom stereocenters. The van der Waals surface area contributed by atoms with Gasteiger partial charge in [0, 0.05) is 15.7 Å². The second kappa shape index (κ2) is 7.73. The molecule has 0 aromatic heterocycles. The molecule has 110 valence electrons. The van der Waals surface area contributed by atoms with Crippen LogP contribution in [0, 0.1) is 0 Å². The maximum absolute atomic E-state index is 11.1. The molecule has 0 radical (unpaired) electrons. The number of carbonyl (C=O) groups is 1. The van der Waals surface area contributed by atoms with Crippen molar-refractivity contribution in [1.82, 2.24) is 0 Å². The van der Waals surface area contributed by atoms with Crippen LogP contribution in [0.3, 0.4) is 0 Å². The minimum Gasteiger partial charge on any atom is -0.492 e. The first kappa shape index (κ1) is 16.2. The summed E-state index contributed by atoms with van der Waals surface area (Å²) in [5.74, 6) is 0.449. The van der Waals surface area contributed by atoms with E-state index in [4.69, 9.17) is 21.4 Å². The summed E-state index contributed by atoms with van der Waals surface area (Å²) in [4.78, 5) is 11.8. The SMILES string of the molecule is O=C(O)c1ccccc1SCCOc1ccc(Cl)cc1Br. The number of halogens is 2. The summed E-state index contributed by atoms with van der Waals surface area (Å²) < 4.78 is 6.44. The lowest BCUT2D eigenvalue weighted by atomic mass is 10.2. The fourth-order valence-electron chi connectivity index (χ4n) is 1.66. The van der Waals surface area contributed by atoms with Crippen LogP contribution in [0.2, 0.25) is 5.02 Å². The smallest absolute Gasteiger partial charge is 0.336 e. The Kier molecular flexibility index (Phi) is 5.96. The molecule has 0 aliphatic heterocycles. The molecule has 2 rings (SSSR count). The molecule has 0 aliphatic rings. The molecule has 0 fully saturated rings. The van der Waals surface area contributed by atoms with E-state index in [1.165, 1.54) is 11.8 Å². The molecule has 2 aromatic carbocycles. The summed E-state index contributed by atoms with van der Waals surface area (Å²) in [7, 11) is 0. The predicted octanol–water partition coefficient (Wildman–Crippen LogP) is 4.97. The molecule has 1 N–H and O–H groups in total. The number of carboxylic acids is 1. The van der Waals surface area contributed by atoms with Gasteiger partial charge in [0.05, 0.1) is 16.6 Å². The zero-order valence-corrected chi connectivity index (χ0v) is 14.0. The highest BCUT2D eigenvalue weighted by Crippen LogP contribution is 2.28. The van der Waals surface area contributed by atoms with Crippen LogP contribution in [0.4, 0.5) is 0 Å². The van der Waals surface area contributed by atoms with Gasteiger partial charge in [0.1, 0.15) is 5.75 Å².